The summed E-state index contributed by atoms with van der Waals surface area (Å²) in [7, 11) is -3.87. The maximum absolute atomic E-state index is 13.3. The average molecular weight is 538 g/mol. The van der Waals surface area contributed by atoms with Gasteiger partial charge in [0.25, 0.3) is 0 Å². The highest BCUT2D eigenvalue weighted by Crippen LogP contribution is 2.26. The summed E-state index contributed by atoms with van der Waals surface area (Å²) in [5.74, 6) is -0.604. The zero-order chi connectivity index (χ0) is 27.0. The fourth-order valence-corrected chi connectivity index (χ4v) is 5.90. The van der Waals surface area contributed by atoms with Crippen LogP contribution in [0, 0.1) is 0 Å². The molecule has 3 aromatic rings. The van der Waals surface area contributed by atoms with Gasteiger partial charge in [0.05, 0.1) is 11.5 Å². The number of hydrogen-bond acceptors (Lipinski definition) is 7. The van der Waals surface area contributed by atoms with Gasteiger partial charge in [-0.05, 0) is 54.8 Å². The van der Waals surface area contributed by atoms with Crippen LogP contribution in [0.3, 0.4) is 0 Å². The van der Waals surface area contributed by atoms with E-state index in [0.717, 1.165) is 5.56 Å². The first-order valence-corrected chi connectivity index (χ1v) is 13.8. The monoisotopic (exact) mass is 537 g/mol. The van der Waals surface area contributed by atoms with Crippen LogP contribution < -0.4 is 15.8 Å². The first-order valence-electron chi connectivity index (χ1n) is 12.4. The summed E-state index contributed by atoms with van der Waals surface area (Å²) in [6.07, 6.45) is 1.01. The van der Waals surface area contributed by atoms with Gasteiger partial charge in [0.15, 0.2) is 0 Å². The Hall–Kier alpha value is -3.89. The summed E-state index contributed by atoms with van der Waals surface area (Å²) in [6, 6.07) is 22.1. The van der Waals surface area contributed by atoms with Crippen molar-refractivity contribution in [1.29, 1.82) is 0 Å². The van der Waals surface area contributed by atoms with Crippen LogP contribution >= 0.6 is 0 Å². The standard InChI is InChI=1S/C28H31N3O6S/c29-22-13-15-23(16-14-22)36-19-17-25(28(33)37-20-21-8-3-1-4-9-21)30-27(32)26-12-7-18-31(26)38(34,35)24-10-5-2-6-11-24/h1-6,8-11,13-16,25-26H,7,12,17-20,29H2,(H,30,32)/t25-,26-/m0/s1. The number of amides is 1. The van der Waals surface area contributed by atoms with Gasteiger partial charge in [0, 0.05) is 18.7 Å². The number of nitrogen functional groups attached to an aromatic ring is 1. The number of carbonyl (C=O) groups excluding carboxylic acids is 2. The molecule has 38 heavy (non-hydrogen) atoms. The summed E-state index contributed by atoms with van der Waals surface area (Å²) in [6.45, 7) is 0.382. The van der Waals surface area contributed by atoms with Crippen molar-refractivity contribution in [3.05, 3.63) is 90.5 Å². The molecule has 1 amide bonds. The van der Waals surface area contributed by atoms with Crippen LogP contribution in [0.5, 0.6) is 5.75 Å². The van der Waals surface area contributed by atoms with Crippen molar-refractivity contribution in [2.45, 2.75) is 42.8 Å². The fraction of sp³-hybridized carbons (Fsp3) is 0.286. The maximum Gasteiger partial charge on any atom is 0.329 e. The smallest absolute Gasteiger partial charge is 0.329 e. The maximum atomic E-state index is 13.3. The molecule has 1 aliphatic heterocycles. The predicted octanol–water partition coefficient (Wildman–Crippen LogP) is 3.12. The zero-order valence-electron chi connectivity index (χ0n) is 20.9. The molecule has 3 N–H and O–H groups in total. The van der Waals surface area contributed by atoms with Gasteiger partial charge in [0.2, 0.25) is 15.9 Å². The number of nitrogens with zero attached hydrogens (tertiary/aromatic N) is 1. The predicted molar refractivity (Wildman–Crippen MR) is 142 cm³/mol. The zero-order valence-corrected chi connectivity index (χ0v) is 21.7. The number of rotatable bonds is 11. The SMILES string of the molecule is Nc1ccc(OCC[C@H](NC(=O)[C@@H]2CCCN2S(=O)(=O)c2ccccc2)C(=O)OCc2ccccc2)cc1. The summed E-state index contributed by atoms with van der Waals surface area (Å²) < 4.78 is 38.8. The topological polar surface area (TPSA) is 128 Å². The molecule has 1 saturated heterocycles. The number of benzene rings is 3. The van der Waals surface area contributed by atoms with Crippen molar-refractivity contribution in [3.8, 4) is 5.75 Å². The lowest BCUT2D eigenvalue weighted by molar-refractivity contribution is -0.149. The highest BCUT2D eigenvalue weighted by molar-refractivity contribution is 7.89. The van der Waals surface area contributed by atoms with Crippen LogP contribution in [0.15, 0.2) is 89.8 Å². The van der Waals surface area contributed by atoms with Crippen LogP contribution in [0.2, 0.25) is 0 Å². The van der Waals surface area contributed by atoms with Gasteiger partial charge in [-0.25, -0.2) is 13.2 Å². The molecule has 1 fully saturated rings. The Morgan fingerprint density at radius 1 is 0.974 bits per heavy atom. The van der Waals surface area contributed by atoms with Gasteiger partial charge in [-0.15, -0.1) is 0 Å². The molecular weight excluding hydrogens is 506 g/mol. The van der Waals surface area contributed by atoms with E-state index in [-0.39, 0.29) is 31.1 Å². The van der Waals surface area contributed by atoms with Gasteiger partial charge >= 0.3 is 5.97 Å². The molecule has 1 aliphatic rings. The quantitative estimate of drug-likeness (QED) is 0.284. The Balaban J connectivity index is 1.44. The molecule has 4 rings (SSSR count). The minimum Gasteiger partial charge on any atom is -0.493 e. The molecule has 2 atom stereocenters. The number of carbonyl (C=O) groups is 2. The first-order chi connectivity index (χ1) is 18.3. The van der Waals surface area contributed by atoms with E-state index in [1.165, 1.54) is 16.4 Å². The largest absolute Gasteiger partial charge is 0.493 e. The van der Waals surface area contributed by atoms with E-state index in [0.29, 0.717) is 24.3 Å². The summed E-state index contributed by atoms with van der Waals surface area (Å²) in [5, 5.41) is 2.72. The van der Waals surface area contributed by atoms with Crippen molar-refractivity contribution in [1.82, 2.24) is 9.62 Å². The van der Waals surface area contributed by atoms with Crippen molar-refractivity contribution < 1.29 is 27.5 Å². The lowest BCUT2D eigenvalue weighted by atomic mass is 10.1. The molecule has 3 aromatic carbocycles. The number of nitrogens with one attached hydrogen (secondary N) is 1. The minimum absolute atomic E-state index is 0.0444. The minimum atomic E-state index is -3.87. The third-order valence-corrected chi connectivity index (χ3v) is 8.16. The normalized spacial score (nSPS) is 16.5. The average Bonchev–Trinajstić information content (AvgIpc) is 3.45. The molecule has 9 nitrogen and oxygen atoms in total. The summed E-state index contributed by atoms with van der Waals surface area (Å²) >= 11 is 0. The van der Waals surface area contributed by atoms with E-state index in [1.807, 2.05) is 30.3 Å². The van der Waals surface area contributed by atoms with Gasteiger partial charge < -0.3 is 20.5 Å². The Morgan fingerprint density at radius 3 is 2.32 bits per heavy atom. The van der Waals surface area contributed by atoms with Crippen LogP contribution in [0.25, 0.3) is 0 Å². The number of sulfonamides is 1. The molecule has 200 valence electrons. The fourth-order valence-electron chi connectivity index (χ4n) is 4.22. The molecule has 0 spiro atoms. The van der Waals surface area contributed by atoms with E-state index >= 15 is 0 Å². The number of nitrogens with two attached hydrogens (primary N) is 1. The van der Waals surface area contributed by atoms with Crippen molar-refractivity contribution in [2.75, 3.05) is 18.9 Å². The Bertz CT molecular complexity index is 1320. The summed E-state index contributed by atoms with van der Waals surface area (Å²) in [4.78, 5) is 26.4. The lowest BCUT2D eigenvalue weighted by Gasteiger charge is -2.25. The van der Waals surface area contributed by atoms with E-state index in [2.05, 4.69) is 5.32 Å². The second-order valence-electron chi connectivity index (χ2n) is 8.95. The van der Waals surface area contributed by atoms with Gasteiger partial charge in [-0.3, -0.25) is 4.79 Å². The highest BCUT2D eigenvalue weighted by Gasteiger charge is 2.40. The number of hydrogen-bond donors (Lipinski definition) is 2. The molecule has 0 aliphatic carbocycles. The Morgan fingerprint density at radius 2 is 1.63 bits per heavy atom. The molecule has 0 radical (unpaired) electrons. The Labute approximate surface area is 222 Å². The molecule has 10 heteroatoms. The number of anilines is 1. The van der Waals surface area contributed by atoms with Gasteiger partial charge in [-0.2, -0.15) is 4.31 Å². The van der Waals surface area contributed by atoms with Crippen LogP contribution in [0.4, 0.5) is 5.69 Å². The second-order valence-corrected chi connectivity index (χ2v) is 10.8. The molecule has 0 bridgehead atoms. The number of ether oxygens (including phenoxy) is 2. The number of esters is 1. The van der Waals surface area contributed by atoms with Gasteiger partial charge in [-0.1, -0.05) is 48.5 Å². The van der Waals surface area contributed by atoms with Crippen molar-refractivity contribution >= 4 is 27.6 Å². The highest BCUT2D eigenvalue weighted by atomic mass is 32.2. The third kappa shape index (κ3) is 6.90. The molecular formula is C28H31N3O6S. The molecule has 0 aromatic heterocycles. The second kappa shape index (κ2) is 12.6. The Kier molecular flexibility index (Phi) is 8.98. The first kappa shape index (κ1) is 27.2. The van der Waals surface area contributed by atoms with Gasteiger partial charge in [0.1, 0.15) is 24.4 Å². The molecule has 0 saturated carbocycles. The van der Waals surface area contributed by atoms with E-state index in [4.69, 9.17) is 15.2 Å². The summed E-state index contributed by atoms with van der Waals surface area (Å²) in [5.41, 5.74) is 7.11. The van der Waals surface area contributed by atoms with E-state index in [1.54, 1.807) is 42.5 Å². The third-order valence-electron chi connectivity index (χ3n) is 6.24. The van der Waals surface area contributed by atoms with Crippen LogP contribution in [-0.2, 0) is 31.0 Å². The van der Waals surface area contributed by atoms with Crippen molar-refractivity contribution in [3.63, 3.8) is 0 Å². The molecule has 0 unspecified atom stereocenters. The molecule has 1 heterocycles. The van der Waals surface area contributed by atoms with Crippen LogP contribution in [0.1, 0.15) is 24.8 Å². The lowest BCUT2D eigenvalue weighted by Crippen LogP contribution is -2.51. The van der Waals surface area contributed by atoms with E-state index < -0.39 is 34.0 Å². The van der Waals surface area contributed by atoms with Crippen molar-refractivity contribution in [2.24, 2.45) is 0 Å². The van der Waals surface area contributed by atoms with Crippen LogP contribution in [-0.4, -0.2) is 49.8 Å². The van der Waals surface area contributed by atoms with E-state index in [9.17, 15) is 18.0 Å².